The SMILES string of the molecule is CSCC(O)COc1ccccc1. The number of thioether (sulfide) groups is 1. The Hall–Kier alpha value is -0.670. The zero-order chi connectivity index (χ0) is 9.52. The molecule has 2 nitrogen and oxygen atoms in total. The highest BCUT2D eigenvalue weighted by Gasteiger charge is 2.02. The van der Waals surface area contributed by atoms with Gasteiger partial charge in [-0.3, -0.25) is 0 Å². The quantitative estimate of drug-likeness (QED) is 0.782. The number of benzene rings is 1. The molecule has 13 heavy (non-hydrogen) atoms. The molecule has 0 saturated carbocycles. The van der Waals surface area contributed by atoms with Crippen molar-refractivity contribution in [2.24, 2.45) is 0 Å². The second kappa shape index (κ2) is 5.89. The van der Waals surface area contributed by atoms with E-state index < -0.39 is 0 Å². The minimum absolute atomic E-state index is 0.366. The van der Waals surface area contributed by atoms with Crippen LogP contribution in [0.2, 0.25) is 0 Å². The Morgan fingerprint density at radius 1 is 1.38 bits per heavy atom. The first-order valence-corrected chi connectivity index (χ1v) is 5.57. The molecule has 0 radical (unpaired) electrons. The third-order valence-electron chi connectivity index (χ3n) is 1.54. The summed E-state index contributed by atoms with van der Waals surface area (Å²) < 4.78 is 5.36. The summed E-state index contributed by atoms with van der Waals surface area (Å²) in [4.78, 5) is 0. The summed E-state index contributed by atoms with van der Waals surface area (Å²) in [7, 11) is 0. The van der Waals surface area contributed by atoms with Crippen LogP contribution in [0.1, 0.15) is 0 Å². The molecule has 0 aliphatic heterocycles. The summed E-state index contributed by atoms with van der Waals surface area (Å²) in [5.41, 5.74) is 0. The Kier molecular flexibility index (Phi) is 4.72. The fourth-order valence-corrected chi connectivity index (χ4v) is 1.43. The average Bonchev–Trinajstić information content (AvgIpc) is 2.17. The van der Waals surface area contributed by atoms with Crippen LogP contribution in [0, 0.1) is 0 Å². The normalized spacial score (nSPS) is 12.5. The molecule has 1 atom stereocenters. The van der Waals surface area contributed by atoms with Crippen LogP contribution >= 0.6 is 11.8 Å². The number of rotatable bonds is 5. The van der Waals surface area contributed by atoms with Gasteiger partial charge >= 0.3 is 0 Å². The van der Waals surface area contributed by atoms with E-state index in [0.717, 1.165) is 5.75 Å². The average molecular weight is 198 g/mol. The molecule has 0 aliphatic rings. The molecule has 0 aliphatic carbocycles. The van der Waals surface area contributed by atoms with Crippen molar-refractivity contribution in [1.29, 1.82) is 0 Å². The molecule has 0 amide bonds. The first kappa shape index (κ1) is 10.4. The topological polar surface area (TPSA) is 29.5 Å². The number of hydrogen-bond acceptors (Lipinski definition) is 3. The minimum atomic E-state index is -0.379. The second-order valence-electron chi connectivity index (χ2n) is 2.73. The summed E-state index contributed by atoms with van der Waals surface area (Å²) >= 11 is 1.61. The van der Waals surface area contributed by atoms with E-state index in [-0.39, 0.29) is 6.10 Å². The van der Waals surface area contributed by atoms with Crippen LogP contribution in [0.5, 0.6) is 5.75 Å². The maximum atomic E-state index is 9.36. The van der Waals surface area contributed by atoms with Gasteiger partial charge in [-0.15, -0.1) is 0 Å². The summed E-state index contributed by atoms with van der Waals surface area (Å²) in [6.45, 7) is 0.366. The lowest BCUT2D eigenvalue weighted by Crippen LogP contribution is -2.19. The maximum absolute atomic E-state index is 9.36. The number of aliphatic hydroxyl groups excluding tert-OH is 1. The fourth-order valence-electron chi connectivity index (χ4n) is 0.950. The summed E-state index contributed by atoms with van der Waals surface area (Å²) in [5, 5.41) is 9.36. The van der Waals surface area contributed by atoms with Crippen LogP contribution in [0.15, 0.2) is 30.3 Å². The van der Waals surface area contributed by atoms with Crippen LogP contribution in [-0.2, 0) is 0 Å². The van der Waals surface area contributed by atoms with Gasteiger partial charge in [0.05, 0.1) is 6.10 Å². The lowest BCUT2D eigenvalue weighted by Gasteiger charge is -2.10. The molecule has 0 saturated heterocycles. The summed E-state index contributed by atoms with van der Waals surface area (Å²) in [6, 6.07) is 9.52. The van der Waals surface area contributed by atoms with Crippen molar-refractivity contribution < 1.29 is 9.84 Å². The predicted molar refractivity (Wildman–Crippen MR) is 56.3 cm³/mol. The monoisotopic (exact) mass is 198 g/mol. The Labute approximate surface area is 82.9 Å². The van der Waals surface area contributed by atoms with Gasteiger partial charge in [-0.1, -0.05) is 18.2 Å². The molecule has 3 heteroatoms. The minimum Gasteiger partial charge on any atom is -0.491 e. The van der Waals surface area contributed by atoms with Crippen molar-refractivity contribution in [2.75, 3.05) is 18.6 Å². The molecule has 1 aromatic carbocycles. The zero-order valence-electron chi connectivity index (χ0n) is 7.64. The van der Waals surface area contributed by atoms with Crippen molar-refractivity contribution in [3.8, 4) is 5.75 Å². The van der Waals surface area contributed by atoms with Gasteiger partial charge in [0, 0.05) is 5.75 Å². The highest BCUT2D eigenvalue weighted by atomic mass is 32.2. The van der Waals surface area contributed by atoms with Gasteiger partial charge in [0.15, 0.2) is 0 Å². The lowest BCUT2D eigenvalue weighted by atomic mass is 10.3. The van der Waals surface area contributed by atoms with Crippen LogP contribution in [0.25, 0.3) is 0 Å². The number of aliphatic hydroxyl groups is 1. The van der Waals surface area contributed by atoms with Crippen LogP contribution in [0.4, 0.5) is 0 Å². The standard InChI is InChI=1S/C10H14O2S/c1-13-8-9(11)7-12-10-5-3-2-4-6-10/h2-6,9,11H,7-8H2,1H3. The zero-order valence-corrected chi connectivity index (χ0v) is 8.46. The first-order valence-electron chi connectivity index (χ1n) is 4.18. The van der Waals surface area contributed by atoms with E-state index in [1.807, 2.05) is 36.6 Å². The van der Waals surface area contributed by atoms with Gasteiger partial charge in [0.2, 0.25) is 0 Å². The van der Waals surface area contributed by atoms with Gasteiger partial charge < -0.3 is 9.84 Å². The van der Waals surface area contributed by atoms with Crippen LogP contribution in [-0.4, -0.2) is 29.8 Å². The van der Waals surface area contributed by atoms with E-state index in [0.29, 0.717) is 12.4 Å². The first-order chi connectivity index (χ1) is 6.33. The molecule has 1 N–H and O–H groups in total. The van der Waals surface area contributed by atoms with Gasteiger partial charge in [0.25, 0.3) is 0 Å². The van der Waals surface area contributed by atoms with Gasteiger partial charge in [0.1, 0.15) is 12.4 Å². The van der Waals surface area contributed by atoms with Crippen molar-refractivity contribution >= 4 is 11.8 Å². The largest absolute Gasteiger partial charge is 0.491 e. The molecule has 1 aromatic rings. The Morgan fingerprint density at radius 2 is 2.08 bits per heavy atom. The third-order valence-corrected chi connectivity index (χ3v) is 2.26. The predicted octanol–water partition coefficient (Wildman–Crippen LogP) is 1.79. The molecular weight excluding hydrogens is 184 g/mol. The molecule has 0 bridgehead atoms. The van der Waals surface area contributed by atoms with Crippen molar-refractivity contribution in [3.05, 3.63) is 30.3 Å². The van der Waals surface area contributed by atoms with Gasteiger partial charge in [-0.25, -0.2) is 0 Å². The summed E-state index contributed by atoms with van der Waals surface area (Å²) in [5.74, 6) is 1.52. The van der Waals surface area contributed by atoms with E-state index in [9.17, 15) is 5.11 Å². The van der Waals surface area contributed by atoms with E-state index in [2.05, 4.69) is 0 Å². The molecule has 1 unspecified atom stereocenters. The maximum Gasteiger partial charge on any atom is 0.119 e. The lowest BCUT2D eigenvalue weighted by molar-refractivity contribution is 0.126. The van der Waals surface area contributed by atoms with Gasteiger partial charge in [-0.2, -0.15) is 11.8 Å². The van der Waals surface area contributed by atoms with Crippen molar-refractivity contribution in [2.45, 2.75) is 6.10 Å². The van der Waals surface area contributed by atoms with E-state index >= 15 is 0 Å². The molecule has 0 fully saturated rings. The highest BCUT2D eigenvalue weighted by molar-refractivity contribution is 7.98. The molecule has 72 valence electrons. The smallest absolute Gasteiger partial charge is 0.119 e. The summed E-state index contributed by atoms with van der Waals surface area (Å²) in [6.07, 6.45) is 1.58. The van der Waals surface area contributed by atoms with Gasteiger partial charge in [-0.05, 0) is 18.4 Å². The molecule has 0 heterocycles. The Balaban J connectivity index is 2.27. The Morgan fingerprint density at radius 3 is 2.69 bits per heavy atom. The highest BCUT2D eigenvalue weighted by Crippen LogP contribution is 2.09. The molecule has 0 aromatic heterocycles. The third kappa shape index (κ3) is 4.20. The van der Waals surface area contributed by atoms with Crippen molar-refractivity contribution in [1.82, 2.24) is 0 Å². The van der Waals surface area contributed by atoms with E-state index in [1.54, 1.807) is 11.8 Å². The number of para-hydroxylation sites is 1. The van der Waals surface area contributed by atoms with Crippen LogP contribution < -0.4 is 4.74 Å². The number of ether oxygens (including phenoxy) is 1. The molecular formula is C10H14O2S. The molecule has 0 spiro atoms. The van der Waals surface area contributed by atoms with Crippen LogP contribution in [0.3, 0.4) is 0 Å². The van der Waals surface area contributed by atoms with E-state index in [4.69, 9.17) is 4.74 Å². The number of hydrogen-bond donors (Lipinski definition) is 1. The molecule has 1 rings (SSSR count). The Bertz CT molecular complexity index is 226. The second-order valence-corrected chi connectivity index (χ2v) is 3.64. The van der Waals surface area contributed by atoms with E-state index in [1.165, 1.54) is 0 Å². The van der Waals surface area contributed by atoms with Crippen molar-refractivity contribution in [3.63, 3.8) is 0 Å². The fraction of sp³-hybridized carbons (Fsp3) is 0.400.